The molecule has 0 radical (unpaired) electrons. The van der Waals surface area contributed by atoms with E-state index in [0.717, 1.165) is 12.8 Å². The highest BCUT2D eigenvalue weighted by Crippen LogP contribution is 2.28. The van der Waals surface area contributed by atoms with Gasteiger partial charge in [-0.25, -0.2) is 0 Å². The zero-order valence-corrected chi connectivity index (χ0v) is 17.9. The summed E-state index contributed by atoms with van der Waals surface area (Å²) in [5.41, 5.74) is 1.06. The van der Waals surface area contributed by atoms with Crippen LogP contribution >= 0.6 is 0 Å². The van der Waals surface area contributed by atoms with E-state index in [2.05, 4.69) is 10.3 Å². The third-order valence-electron chi connectivity index (χ3n) is 5.62. The van der Waals surface area contributed by atoms with E-state index in [1.54, 1.807) is 36.3 Å². The van der Waals surface area contributed by atoms with E-state index in [9.17, 15) is 18.0 Å². The lowest BCUT2D eigenvalue weighted by Crippen LogP contribution is -2.38. The summed E-state index contributed by atoms with van der Waals surface area (Å²) in [7, 11) is 1.55. The van der Waals surface area contributed by atoms with Gasteiger partial charge in [-0.1, -0.05) is 18.2 Å². The van der Waals surface area contributed by atoms with Crippen molar-refractivity contribution in [2.24, 2.45) is 0 Å². The number of methoxy groups -OCH3 is 1. The number of pyridine rings is 1. The van der Waals surface area contributed by atoms with Gasteiger partial charge in [0.25, 0.3) is 5.91 Å². The van der Waals surface area contributed by atoms with Crippen LogP contribution in [0, 0.1) is 5.41 Å². The topological polar surface area (TPSA) is 91.5 Å². The van der Waals surface area contributed by atoms with Crippen LogP contribution in [0.15, 0.2) is 47.2 Å². The maximum Gasteiger partial charge on any atom is 0.405 e. The second kappa shape index (κ2) is 9.22. The molecular weight excluding hydrogens is 437 g/mol. The highest BCUT2D eigenvalue weighted by atomic mass is 19.4. The third-order valence-corrected chi connectivity index (χ3v) is 5.62. The van der Waals surface area contributed by atoms with Gasteiger partial charge in [-0.3, -0.25) is 15.2 Å². The smallest absolute Gasteiger partial charge is 0.405 e. The summed E-state index contributed by atoms with van der Waals surface area (Å²) in [6.45, 7) is -0.410. The maximum atomic E-state index is 13.1. The number of hydrogen-bond acceptors (Lipinski definition) is 6. The molecule has 10 heteroatoms. The predicted molar refractivity (Wildman–Crippen MR) is 117 cm³/mol. The molecule has 4 rings (SSSR count). The number of para-hydroxylation sites is 1. The molecule has 33 heavy (non-hydrogen) atoms. The van der Waals surface area contributed by atoms with Crippen LogP contribution in [0.4, 0.5) is 18.9 Å². The second-order valence-electron chi connectivity index (χ2n) is 7.85. The van der Waals surface area contributed by atoms with E-state index in [1.807, 2.05) is 0 Å². The minimum Gasteiger partial charge on any atom is -0.464 e. The number of anilines is 1. The summed E-state index contributed by atoms with van der Waals surface area (Å²) in [4.78, 5) is 18.9. The minimum atomic E-state index is -4.48. The molecule has 3 aromatic rings. The summed E-state index contributed by atoms with van der Waals surface area (Å²) in [5, 5.41) is 11.6. The van der Waals surface area contributed by atoms with Crippen LogP contribution in [0.1, 0.15) is 34.5 Å². The molecule has 0 aliphatic carbocycles. The Morgan fingerprint density at radius 1 is 1.33 bits per heavy atom. The van der Waals surface area contributed by atoms with Gasteiger partial charge in [-0.2, -0.15) is 13.2 Å². The van der Waals surface area contributed by atoms with Gasteiger partial charge in [0.15, 0.2) is 0 Å². The van der Waals surface area contributed by atoms with E-state index in [4.69, 9.17) is 14.6 Å². The lowest BCUT2D eigenvalue weighted by molar-refractivity contribution is -0.115. The van der Waals surface area contributed by atoms with Crippen LogP contribution in [0.2, 0.25) is 0 Å². The molecule has 0 saturated carbocycles. The van der Waals surface area contributed by atoms with Crippen molar-refractivity contribution in [2.75, 3.05) is 32.1 Å². The van der Waals surface area contributed by atoms with Crippen LogP contribution in [0.5, 0.6) is 0 Å². The molecule has 7 nitrogen and oxygen atoms in total. The molecule has 0 spiro atoms. The monoisotopic (exact) mass is 460 g/mol. The number of nitrogens with one attached hydrogen (secondary N) is 2. The number of alkyl halides is 3. The molecule has 1 amide bonds. The van der Waals surface area contributed by atoms with Gasteiger partial charge in [-0.15, -0.1) is 0 Å². The van der Waals surface area contributed by atoms with Crippen molar-refractivity contribution in [1.29, 1.82) is 5.41 Å². The lowest BCUT2D eigenvalue weighted by Gasteiger charge is -2.24. The molecule has 1 aliphatic heterocycles. The molecule has 1 atom stereocenters. The number of amides is 1. The van der Waals surface area contributed by atoms with Crippen molar-refractivity contribution in [2.45, 2.75) is 25.1 Å². The molecule has 1 unspecified atom stereocenters. The molecule has 3 heterocycles. The van der Waals surface area contributed by atoms with Crippen LogP contribution in [-0.4, -0.2) is 60.5 Å². The van der Waals surface area contributed by atoms with Crippen molar-refractivity contribution in [1.82, 2.24) is 9.88 Å². The van der Waals surface area contributed by atoms with Crippen LogP contribution in [-0.2, 0) is 4.74 Å². The van der Waals surface area contributed by atoms with E-state index >= 15 is 0 Å². The Labute approximate surface area is 188 Å². The maximum absolute atomic E-state index is 13.1. The number of fused-ring (bicyclic) bond motifs is 1. The third kappa shape index (κ3) is 4.85. The van der Waals surface area contributed by atoms with Crippen molar-refractivity contribution in [3.8, 4) is 0 Å². The molecule has 2 N–H and O–H groups in total. The SMILES string of the molecule is COCC1CCCN1C(=O)c1cc(NCC(F)(F)F)c(C(=N)c2coc3ccccc23)cn1. The van der Waals surface area contributed by atoms with E-state index in [-0.39, 0.29) is 34.6 Å². The van der Waals surface area contributed by atoms with E-state index in [0.29, 0.717) is 29.7 Å². The van der Waals surface area contributed by atoms with Crippen LogP contribution < -0.4 is 5.32 Å². The number of benzene rings is 1. The quantitative estimate of drug-likeness (QED) is 0.508. The van der Waals surface area contributed by atoms with Gasteiger partial charge in [0.1, 0.15) is 24.1 Å². The number of carbonyl (C=O) groups excluding carboxylic acids is 1. The number of carbonyl (C=O) groups is 1. The average Bonchev–Trinajstić information content (AvgIpc) is 3.43. The second-order valence-corrected chi connectivity index (χ2v) is 7.85. The first-order valence-corrected chi connectivity index (χ1v) is 10.4. The normalized spacial score (nSPS) is 16.4. The number of ether oxygens (including phenoxy) is 1. The van der Waals surface area contributed by atoms with Gasteiger partial charge < -0.3 is 19.4 Å². The first-order chi connectivity index (χ1) is 15.8. The first-order valence-electron chi connectivity index (χ1n) is 10.4. The number of rotatable bonds is 7. The molecule has 1 saturated heterocycles. The molecule has 1 aromatic carbocycles. The lowest BCUT2D eigenvalue weighted by atomic mass is 10.0. The Bertz CT molecular complexity index is 1180. The van der Waals surface area contributed by atoms with Gasteiger partial charge in [0, 0.05) is 42.1 Å². The highest BCUT2D eigenvalue weighted by molar-refractivity contribution is 6.19. The van der Waals surface area contributed by atoms with E-state index < -0.39 is 12.7 Å². The van der Waals surface area contributed by atoms with Crippen molar-refractivity contribution < 1.29 is 27.1 Å². The highest BCUT2D eigenvalue weighted by Gasteiger charge is 2.31. The Morgan fingerprint density at radius 2 is 2.12 bits per heavy atom. The largest absolute Gasteiger partial charge is 0.464 e. The molecule has 0 bridgehead atoms. The standard InChI is InChI=1S/C23H23F3N4O3/c1-32-11-14-5-4-8-30(14)22(31)19-9-18(29-13-23(24,25)26)16(10-28-19)21(27)17-12-33-20-7-3-2-6-15(17)20/h2-3,6-7,9-10,12,14,27H,4-5,8,11,13H2,1H3,(H,28,29). The summed E-state index contributed by atoms with van der Waals surface area (Å²) in [6, 6.07) is 8.24. The first kappa shape index (κ1) is 22.8. The summed E-state index contributed by atoms with van der Waals surface area (Å²) < 4.78 is 49.5. The van der Waals surface area contributed by atoms with Crippen LogP contribution in [0.3, 0.4) is 0 Å². The number of nitrogens with zero attached hydrogens (tertiary/aromatic N) is 2. The molecule has 2 aromatic heterocycles. The minimum absolute atomic E-state index is 0.00319. The number of aromatic nitrogens is 1. The Morgan fingerprint density at radius 3 is 2.88 bits per heavy atom. The summed E-state index contributed by atoms with van der Waals surface area (Å²) in [5.74, 6) is -0.378. The van der Waals surface area contributed by atoms with Gasteiger partial charge >= 0.3 is 6.18 Å². The fraction of sp³-hybridized carbons (Fsp3) is 0.348. The average molecular weight is 460 g/mol. The predicted octanol–water partition coefficient (Wildman–Crippen LogP) is 4.47. The zero-order chi connectivity index (χ0) is 23.6. The van der Waals surface area contributed by atoms with Crippen molar-refractivity contribution in [3.63, 3.8) is 0 Å². The number of likely N-dealkylation sites (tertiary alicyclic amines) is 1. The summed E-state index contributed by atoms with van der Waals surface area (Å²) in [6.07, 6.45) is -0.228. The zero-order valence-electron chi connectivity index (χ0n) is 17.9. The number of hydrogen-bond donors (Lipinski definition) is 2. The fourth-order valence-corrected chi connectivity index (χ4v) is 4.05. The Hall–Kier alpha value is -3.40. The van der Waals surface area contributed by atoms with Gasteiger partial charge in [0.2, 0.25) is 0 Å². The molecular formula is C23H23F3N4O3. The molecule has 1 fully saturated rings. The fourth-order valence-electron chi connectivity index (χ4n) is 4.05. The van der Waals surface area contributed by atoms with Gasteiger partial charge in [0.05, 0.1) is 18.4 Å². The Kier molecular flexibility index (Phi) is 6.37. The Balaban J connectivity index is 1.69. The number of furan rings is 1. The van der Waals surface area contributed by atoms with Crippen LogP contribution in [0.25, 0.3) is 11.0 Å². The summed E-state index contributed by atoms with van der Waals surface area (Å²) >= 11 is 0. The molecule has 174 valence electrons. The van der Waals surface area contributed by atoms with Gasteiger partial charge in [-0.05, 0) is 25.0 Å². The van der Waals surface area contributed by atoms with Crippen molar-refractivity contribution in [3.05, 3.63) is 59.6 Å². The van der Waals surface area contributed by atoms with E-state index in [1.165, 1.54) is 18.5 Å². The molecule has 1 aliphatic rings. The number of halogens is 3. The van der Waals surface area contributed by atoms with Crippen molar-refractivity contribution >= 4 is 28.3 Å².